The van der Waals surface area contributed by atoms with Gasteiger partial charge < -0.3 is 9.64 Å². The van der Waals surface area contributed by atoms with Crippen molar-refractivity contribution in [2.24, 2.45) is 0 Å². The molecule has 1 amide bonds. The van der Waals surface area contributed by atoms with Gasteiger partial charge in [0.15, 0.2) is 0 Å². The number of rotatable bonds is 1. The molecule has 0 spiro atoms. The summed E-state index contributed by atoms with van der Waals surface area (Å²) in [7, 11) is 0. The van der Waals surface area contributed by atoms with Gasteiger partial charge in [0, 0.05) is 19.3 Å². The molecule has 2 atom stereocenters. The minimum absolute atomic E-state index is 0.00899. The Morgan fingerprint density at radius 1 is 1.39 bits per heavy atom. The molecular formula is C15H14N6O2. The van der Waals surface area contributed by atoms with Gasteiger partial charge >= 0.3 is 0 Å². The second-order valence-corrected chi connectivity index (χ2v) is 5.67. The number of hydrogen-bond donors (Lipinski definition) is 0. The molecule has 116 valence electrons. The number of nitrogens with zero attached hydrogens (tertiary/aromatic N) is 6. The van der Waals surface area contributed by atoms with Gasteiger partial charge in [-0.25, -0.2) is 9.67 Å². The van der Waals surface area contributed by atoms with Gasteiger partial charge in [0.05, 0.1) is 36.2 Å². The van der Waals surface area contributed by atoms with E-state index in [4.69, 9.17) is 10.00 Å². The van der Waals surface area contributed by atoms with Gasteiger partial charge in [0.1, 0.15) is 11.8 Å². The summed E-state index contributed by atoms with van der Waals surface area (Å²) in [4.78, 5) is 18.4. The number of ether oxygens (including phenoxy) is 1. The van der Waals surface area contributed by atoms with Crippen LogP contribution < -0.4 is 0 Å². The maximum Gasteiger partial charge on any atom is 0.255 e. The Morgan fingerprint density at radius 2 is 2.30 bits per heavy atom. The van der Waals surface area contributed by atoms with E-state index in [2.05, 4.69) is 15.3 Å². The van der Waals surface area contributed by atoms with Gasteiger partial charge in [0.2, 0.25) is 0 Å². The van der Waals surface area contributed by atoms with Crippen LogP contribution in [0.4, 0.5) is 0 Å². The van der Waals surface area contributed by atoms with Crippen LogP contribution in [0, 0.1) is 11.3 Å². The molecule has 0 bridgehead atoms. The van der Waals surface area contributed by atoms with Gasteiger partial charge in [-0.05, 0) is 18.6 Å². The Morgan fingerprint density at radius 3 is 3.09 bits per heavy atom. The predicted octanol–water partition coefficient (Wildman–Crippen LogP) is 0.531. The van der Waals surface area contributed by atoms with Crippen LogP contribution in [0.3, 0.4) is 0 Å². The summed E-state index contributed by atoms with van der Waals surface area (Å²) in [5.41, 5.74) is 1.71. The van der Waals surface area contributed by atoms with Gasteiger partial charge in [-0.3, -0.25) is 4.79 Å². The zero-order valence-corrected chi connectivity index (χ0v) is 12.3. The van der Waals surface area contributed by atoms with E-state index in [0.29, 0.717) is 31.0 Å². The fourth-order valence-corrected chi connectivity index (χ4v) is 3.13. The SMILES string of the molecule is N#Cc1ccc(C(=O)N2CC[C@H]3OCc4cnnn4[C@H]3C2)cn1. The van der Waals surface area contributed by atoms with Crippen LogP contribution in [0.1, 0.15) is 34.2 Å². The topological polar surface area (TPSA) is 96.9 Å². The summed E-state index contributed by atoms with van der Waals surface area (Å²) in [5.74, 6) is -0.0901. The fraction of sp³-hybridized carbons (Fsp3) is 0.400. The predicted molar refractivity (Wildman–Crippen MR) is 77.1 cm³/mol. The molecule has 0 N–H and O–H groups in total. The summed E-state index contributed by atoms with van der Waals surface area (Å²) in [5, 5.41) is 16.8. The minimum Gasteiger partial charge on any atom is -0.370 e. The van der Waals surface area contributed by atoms with Crippen molar-refractivity contribution in [1.29, 1.82) is 5.26 Å². The third-order valence-corrected chi connectivity index (χ3v) is 4.34. The van der Waals surface area contributed by atoms with E-state index in [1.165, 1.54) is 6.20 Å². The van der Waals surface area contributed by atoms with E-state index in [0.717, 1.165) is 12.1 Å². The largest absolute Gasteiger partial charge is 0.370 e. The number of carbonyl (C=O) groups excluding carboxylic acids is 1. The quantitative estimate of drug-likeness (QED) is 0.762. The molecule has 0 unspecified atom stereocenters. The van der Waals surface area contributed by atoms with Crippen LogP contribution in [-0.4, -0.2) is 50.0 Å². The first-order valence-corrected chi connectivity index (χ1v) is 7.42. The number of aromatic nitrogens is 4. The van der Waals surface area contributed by atoms with Crippen molar-refractivity contribution in [2.75, 3.05) is 13.1 Å². The third-order valence-electron chi connectivity index (χ3n) is 4.34. The summed E-state index contributed by atoms with van der Waals surface area (Å²) in [6.07, 6.45) is 3.97. The zero-order valence-electron chi connectivity index (χ0n) is 12.3. The van der Waals surface area contributed by atoms with Crippen molar-refractivity contribution < 1.29 is 9.53 Å². The van der Waals surface area contributed by atoms with Crippen LogP contribution >= 0.6 is 0 Å². The molecule has 2 aromatic heterocycles. The summed E-state index contributed by atoms with van der Waals surface area (Å²) in [6, 6.07) is 5.13. The lowest BCUT2D eigenvalue weighted by atomic mass is 9.99. The first-order valence-electron chi connectivity index (χ1n) is 7.42. The van der Waals surface area contributed by atoms with Crippen LogP contribution in [0.5, 0.6) is 0 Å². The maximum absolute atomic E-state index is 12.6. The number of pyridine rings is 1. The number of fused-ring (bicyclic) bond motifs is 3. The fourth-order valence-electron chi connectivity index (χ4n) is 3.13. The molecule has 2 aliphatic rings. The second kappa shape index (κ2) is 5.44. The van der Waals surface area contributed by atoms with E-state index >= 15 is 0 Å². The van der Waals surface area contributed by atoms with Crippen molar-refractivity contribution in [3.63, 3.8) is 0 Å². The Labute approximate surface area is 132 Å². The molecule has 2 aromatic rings. The number of hydrogen-bond acceptors (Lipinski definition) is 6. The van der Waals surface area contributed by atoms with Crippen molar-refractivity contribution in [1.82, 2.24) is 24.9 Å². The van der Waals surface area contributed by atoms with Crippen LogP contribution in [0.2, 0.25) is 0 Å². The van der Waals surface area contributed by atoms with E-state index in [-0.39, 0.29) is 18.1 Å². The molecule has 23 heavy (non-hydrogen) atoms. The molecule has 0 aliphatic carbocycles. The normalized spacial score (nSPS) is 22.8. The van der Waals surface area contributed by atoms with Gasteiger partial charge in [0.25, 0.3) is 5.91 Å². The van der Waals surface area contributed by atoms with Crippen LogP contribution in [0.25, 0.3) is 0 Å². The number of likely N-dealkylation sites (tertiary alicyclic amines) is 1. The Kier molecular flexibility index (Phi) is 3.28. The smallest absolute Gasteiger partial charge is 0.255 e. The molecule has 8 heteroatoms. The highest BCUT2D eigenvalue weighted by atomic mass is 16.5. The lowest BCUT2D eigenvalue weighted by molar-refractivity contribution is -0.0605. The lowest BCUT2D eigenvalue weighted by Crippen LogP contribution is -2.49. The molecule has 2 aliphatic heterocycles. The molecule has 1 saturated heterocycles. The van der Waals surface area contributed by atoms with E-state index in [1.54, 1.807) is 23.2 Å². The van der Waals surface area contributed by atoms with Crippen molar-refractivity contribution in [2.45, 2.75) is 25.2 Å². The first-order chi connectivity index (χ1) is 11.3. The molecule has 4 rings (SSSR count). The molecule has 1 fully saturated rings. The van der Waals surface area contributed by atoms with Crippen LogP contribution in [0.15, 0.2) is 24.5 Å². The van der Waals surface area contributed by atoms with Crippen LogP contribution in [-0.2, 0) is 11.3 Å². The summed E-state index contributed by atoms with van der Waals surface area (Å²) in [6.45, 7) is 1.67. The van der Waals surface area contributed by atoms with Crippen molar-refractivity contribution in [3.05, 3.63) is 41.5 Å². The van der Waals surface area contributed by atoms with Gasteiger partial charge in [-0.1, -0.05) is 5.21 Å². The van der Waals surface area contributed by atoms with E-state index < -0.39 is 0 Å². The highest BCUT2D eigenvalue weighted by Crippen LogP contribution is 2.30. The highest BCUT2D eigenvalue weighted by molar-refractivity contribution is 5.94. The first kappa shape index (κ1) is 13.8. The maximum atomic E-state index is 12.6. The minimum atomic E-state index is -0.0901. The number of carbonyl (C=O) groups is 1. The number of piperidine rings is 1. The van der Waals surface area contributed by atoms with Crippen molar-refractivity contribution in [3.8, 4) is 6.07 Å². The van der Waals surface area contributed by atoms with Gasteiger partial charge in [-0.2, -0.15) is 5.26 Å². The molecule has 8 nitrogen and oxygen atoms in total. The molecule has 4 heterocycles. The highest BCUT2D eigenvalue weighted by Gasteiger charge is 2.38. The monoisotopic (exact) mass is 310 g/mol. The Balaban J connectivity index is 1.55. The van der Waals surface area contributed by atoms with Crippen molar-refractivity contribution >= 4 is 5.91 Å². The zero-order chi connectivity index (χ0) is 15.8. The van der Waals surface area contributed by atoms with E-state index in [9.17, 15) is 4.79 Å². The molecule has 0 aromatic carbocycles. The van der Waals surface area contributed by atoms with E-state index in [1.807, 2.05) is 10.8 Å². The Bertz CT molecular complexity index is 778. The molecular weight excluding hydrogens is 296 g/mol. The number of nitriles is 1. The standard InChI is InChI=1S/C15H14N6O2/c16-5-11-2-1-10(6-17-11)15(22)20-4-3-14-13(8-20)21-12(9-23-14)7-18-19-21/h1-2,6-7,13-14H,3-4,8-9H2/t13-,14+/m0/s1. The summed E-state index contributed by atoms with van der Waals surface area (Å²) < 4.78 is 7.71. The molecule has 0 radical (unpaired) electrons. The van der Waals surface area contributed by atoms with Gasteiger partial charge in [-0.15, -0.1) is 5.10 Å². The average Bonchev–Trinajstić information content (AvgIpc) is 3.10. The summed E-state index contributed by atoms with van der Waals surface area (Å²) >= 11 is 0. The molecule has 0 saturated carbocycles. The number of amides is 1. The Hall–Kier alpha value is -2.79. The lowest BCUT2D eigenvalue weighted by Gasteiger charge is -2.40. The average molecular weight is 310 g/mol. The second-order valence-electron chi connectivity index (χ2n) is 5.67. The third kappa shape index (κ3) is 2.35.